The fourth-order valence-electron chi connectivity index (χ4n) is 3.67. The number of ether oxygens (including phenoxy) is 1. The summed E-state index contributed by atoms with van der Waals surface area (Å²) in [6.45, 7) is 4.92. The highest BCUT2D eigenvalue weighted by molar-refractivity contribution is 5.80. The Hall–Kier alpha value is -3.14. The third-order valence-electron chi connectivity index (χ3n) is 5.86. The van der Waals surface area contributed by atoms with Crippen molar-refractivity contribution in [3.05, 3.63) is 42.1 Å². The van der Waals surface area contributed by atoms with Crippen molar-refractivity contribution < 1.29 is 27.8 Å². The number of nitrogens with zero attached hydrogens (tertiary/aromatic N) is 3. The monoisotopic (exact) mass is 462 g/mol. The van der Waals surface area contributed by atoms with E-state index in [0.29, 0.717) is 16.9 Å². The summed E-state index contributed by atoms with van der Waals surface area (Å²) in [5, 5.41) is 9.20. The van der Waals surface area contributed by atoms with E-state index >= 15 is 0 Å². The highest BCUT2D eigenvalue weighted by Gasteiger charge is 2.31. The average molecular weight is 462 g/mol. The van der Waals surface area contributed by atoms with Crippen LogP contribution in [-0.2, 0) is 15.7 Å². The van der Waals surface area contributed by atoms with E-state index in [1.165, 1.54) is 6.07 Å². The number of carbonyl (C=O) groups is 1. The molecule has 3 aromatic rings. The van der Waals surface area contributed by atoms with Crippen LogP contribution in [0.15, 0.2) is 36.5 Å². The third kappa shape index (κ3) is 5.11. The number of anilines is 1. The molecule has 7 nitrogen and oxygen atoms in total. The minimum Gasteiger partial charge on any atom is -0.481 e. The van der Waals surface area contributed by atoms with Gasteiger partial charge in [0.1, 0.15) is 11.6 Å². The Kier molecular flexibility index (Phi) is 6.04. The molecule has 1 aliphatic rings. The Labute approximate surface area is 188 Å². The second-order valence-corrected chi connectivity index (χ2v) is 8.91. The number of hydrogen-bond donors (Lipinski definition) is 2. The zero-order valence-electron chi connectivity index (χ0n) is 18.3. The number of carboxylic acid groups (broad SMARTS) is 1. The van der Waals surface area contributed by atoms with E-state index in [0.717, 1.165) is 43.9 Å². The lowest BCUT2D eigenvalue weighted by atomic mass is 9.95. The highest BCUT2D eigenvalue weighted by Crippen LogP contribution is 2.32. The second kappa shape index (κ2) is 8.66. The number of alkyl halides is 3. The lowest BCUT2D eigenvalue weighted by Crippen LogP contribution is -2.39. The normalized spacial score (nSPS) is 15.8. The summed E-state index contributed by atoms with van der Waals surface area (Å²) >= 11 is 0. The Balaban J connectivity index is 1.38. The van der Waals surface area contributed by atoms with Gasteiger partial charge >= 0.3 is 12.1 Å². The van der Waals surface area contributed by atoms with Gasteiger partial charge in [0.05, 0.1) is 34.7 Å². The van der Waals surface area contributed by atoms with Gasteiger partial charge in [0.15, 0.2) is 0 Å². The number of aromatic nitrogens is 3. The van der Waals surface area contributed by atoms with Crippen LogP contribution >= 0.6 is 0 Å². The average Bonchev–Trinajstić information content (AvgIpc) is 3.21. The predicted octanol–water partition coefficient (Wildman–Crippen LogP) is 4.74. The fourth-order valence-corrected chi connectivity index (χ4v) is 3.67. The Bertz CT molecular complexity index is 1130. The summed E-state index contributed by atoms with van der Waals surface area (Å²) in [6, 6.07) is 7.13. The van der Waals surface area contributed by atoms with Crippen LogP contribution in [0.4, 0.5) is 19.0 Å². The molecule has 33 heavy (non-hydrogen) atoms. The number of benzene rings is 1. The zero-order chi connectivity index (χ0) is 23.8. The molecule has 1 aromatic carbocycles. The number of fused-ring (bicyclic) bond motifs is 1. The van der Waals surface area contributed by atoms with Gasteiger partial charge in [-0.05, 0) is 57.0 Å². The molecule has 1 saturated heterocycles. The number of aromatic amines is 1. The first-order valence-electron chi connectivity index (χ1n) is 10.7. The maximum atomic E-state index is 12.9. The van der Waals surface area contributed by atoms with Crippen molar-refractivity contribution in [3.63, 3.8) is 0 Å². The van der Waals surface area contributed by atoms with Crippen molar-refractivity contribution in [2.75, 3.05) is 24.6 Å². The molecule has 0 spiro atoms. The molecular formula is C23H25F3N4O3. The topological polar surface area (TPSA) is 91.3 Å². The Morgan fingerprint density at radius 3 is 2.55 bits per heavy atom. The lowest BCUT2D eigenvalue weighted by molar-refractivity contribution is -0.152. The van der Waals surface area contributed by atoms with E-state index in [4.69, 9.17) is 4.74 Å². The van der Waals surface area contributed by atoms with Gasteiger partial charge in [0.25, 0.3) is 0 Å². The minimum absolute atomic E-state index is 0.0105. The van der Waals surface area contributed by atoms with Crippen LogP contribution in [0, 0.1) is 5.41 Å². The SMILES string of the molecule is CC(C)(COC1CCN(c2ccc(-c3nc4cc(C(F)(F)F)ccc4[nH]3)cn2)CC1)C(=O)O. The van der Waals surface area contributed by atoms with Gasteiger partial charge in [-0.1, -0.05) is 0 Å². The van der Waals surface area contributed by atoms with Crippen LogP contribution in [0.25, 0.3) is 22.4 Å². The van der Waals surface area contributed by atoms with Crippen molar-refractivity contribution in [2.45, 2.75) is 39.0 Å². The van der Waals surface area contributed by atoms with Crippen molar-refractivity contribution in [2.24, 2.45) is 5.41 Å². The molecule has 4 rings (SSSR count). The maximum absolute atomic E-state index is 12.9. The van der Waals surface area contributed by atoms with Crippen molar-refractivity contribution in [1.29, 1.82) is 0 Å². The molecule has 0 amide bonds. The molecule has 2 N–H and O–H groups in total. The van der Waals surface area contributed by atoms with Gasteiger partial charge in [-0.2, -0.15) is 13.2 Å². The number of pyridine rings is 1. The van der Waals surface area contributed by atoms with Gasteiger partial charge in [-0.25, -0.2) is 9.97 Å². The highest BCUT2D eigenvalue weighted by atomic mass is 19.4. The number of nitrogens with one attached hydrogen (secondary N) is 1. The van der Waals surface area contributed by atoms with Crippen LogP contribution in [0.3, 0.4) is 0 Å². The molecule has 0 radical (unpaired) electrons. The first kappa shape index (κ1) is 23.0. The summed E-state index contributed by atoms with van der Waals surface area (Å²) in [5.41, 5.74) is -0.204. The largest absolute Gasteiger partial charge is 0.481 e. The molecule has 0 unspecified atom stereocenters. The Morgan fingerprint density at radius 2 is 1.94 bits per heavy atom. The van der Waals surface area contributed by atoms with Crippen LogP contribution in [-0.4, -0.2) is 51.8 Å². The number of rotatable bonds is 6. The summed E-state index contributed by atoms with van der Waals surface area (Å²) in [5.74, 6) is 0.365. The molecule has 0 saturated carbocycles. The number of aliphatic carboxylic acids is 1. The lowest BCUT2D eigenvalue weighted by Gasteiger charge is -2.34. The number of imidazole rings is 1. The van der Waals surface area contributed by atoms with Crippen molar-refractivity contribution >= 4 is 22.8 Å². The molecule has 0 atom stereocenters. The first-order chi connectivity index (χ1) is 15.5. The van der Waals surface area contributed by atoms with Gasteiger partial charge in [0, 0.05) is 24.8 Å². The van der Waals surface area contributed by atoms with E-state index < -0.39 is 23.1 Å². The molecule has 1 fully saturated rings. The number of piperidine rings is 1. The van der Waals surface area contributed by atoms with E-state index in [1.807, 2.05) is 12.1 Å². The van der Waals surface area contributed by atoms with Gasteiger partial charge < -0.3 is 19.7 Å². The standard InChI is InChI=1S/C23H25F3N4O3/c1-22(2,21(31)32)13-33-16-7-9-30(10-8-16)19-6-3-14(12-27-19)20-28-17-5-4-15(23(24,25)26)11-18(17)29-20/h3-6,11-12,16H,7-10,13H2,1-2H3,(H,28,29)(H,31,32). The molecule has 1 aliphatic heterocycles. The predicted molar refractivity (Wildman–Crippen MR) is 117 cm³/mol. The maximum Gasteiger partial charge on any atom is 0.416 e. The molecule has 176 valence electrons. The molecule has 0 bridgehead atoms. The number of halogens is 3. The van der Waals surface area contributed by atoms with E-state index in [-0.39, 0.29) is 18.2 Å². The molecule has 0 aliphatic carbocycles. The van der Waals surface area contributed by atoms with Gasteiger partial charge in [-0.3, -0.25) is 4.79 Å². The smallest absolute Gasteiger partial charge is 0.416 e. The summed E-state index contributed by atoms with van der Waals surface area (Å²) in [6.07, 6.45) is -1.22. The number of hydrogen-bond acceptors (Lipinski definition) is 5. The summed E-state index contributed by atoms with van der Waals surface area (Å²) in [4.78, 5) is 25.2. The second-order valence-electron chi connectivity index (χ2n) is 8.91. The number of H-pyrrole nitrogens is 1. The van der Waals surface area contributed by atoms with Crippen molar-refractivity contribution in [3.8, 4) is 11.4 Å². The Morgan fingerprint density at radius 1 is 1.21 bits per heavy atom. The van der Waals surface area contributed by atoms with Crippen LogP contribution in [0.2, 0.25) is 0 Å². The first-order valence-corrected chi connectivity index (χ1v) is 10.7. The van der Waals surface area contributed by atoms with Gasteiger partial charge in [-0.15, -0.1) is 0 Å². The summed E-state index contributed by atoms with van der Waals surface area (Å²) in [7, 11) is 0. The van der Waals surface area contributed by atoms with Gasteiger partial charge in [0.2, 0.25) is 0 Å². The van der Waals surface area contributed by atoms with Crippen molar-refractivity contribution in [1.82, 2.24) is 15.0 Å². The molecule has 3 heterocycles. The molecule has 2 aromatic heterocycles. The molecular weight excluding hydrogens is 437 g/mol. The summed E-state index contributed by atoms with van der Waals surface area (Å²) < 4.78 is 44.6. The van der Waals surface area contributed by atoms with Crippen LogP contribution in [0.5, 0.6) is 0 Å². The fraction of sp³-hybridized carbons (Fsp3) is 0.435. The third-order valence-corrected chi connectivity index (χ3v) is 5.86. The minimum atomic E-state index is -4.42. The van der Waals surface area contributed by atoms with E-state index in [9.17, 15) is 23.1 Å². The van der Waals surface area contributed by atoms with Crippen LogP contribution in [0.1, 0.15) is 32.3 Å². The molecule has 10 heteroatoms. The van der Waals surface area contributed by atoms with Crippen LogP contribution < -0.4 is 4.90 Å². The van der Waals surface area contributed by atoms with E-state index in [1.54, 1.807) is 20.0 Å². The number of carboxylic acids is 1. The van der Waals surface area contributed by atoms with E-state index in [2.05, 4.69) is 19.9 Å². The zero-order valence-corrected chi connectivity index (χ0v) is 18.3. The quantitative estimate of drug-likeness (QED) is 0.550.